The fourth-order valence-corrected chi connectivity index (χ4v) is 0. The molecule has 0 aliphatic rings. The van der Waals surface area contributed by atoms with Crippen molar-refractivity contribution in [1.82, 2.24) is 0 Å². The molecule has 4 heteroatoms. The molecule has 0 amide bonds. The molecule has 0 aromatic carbocycles. The van der Waals surface area contributed by atoms with Crippen molar-refractivity contribution < 1.29 is 41.9 Å². The molecule has 0 N–H and O–H groups in total. The van der Waals surface area contributed by atoms with E-state index < -0.39 is 0 Å². The summed E-state index contributed by atoms with van der Waals surface area (Å²) in [5.41, 5.74) is 0. The first kappa shape index (κ1) is 27.6. The number of rotatable bonds is 0. The van der Waals surface area contributed by atoms with Crippen LogP contribution in [0.2, 0.25) is 0 Å². The molecule has 0 bridgehead atoms. The van der Waals surface area contributed by atoms with E-state index in [4.69, 9.17) is 0 Å². The van der Waals surface area contributed by atoms with Crippen LogP contribution in [-0.4, -0.2) is 51.2 Å². The van der Waals surface area contributed by atoms with E-state index in [9.17, 15) is 0 Å². The molecule has 0 rings (SSSR count). The van der Waals surface area contributed by atoms with Crippen LogP contribution in [0.25, 0.3) is 0 Å². The minimum absolute atomic E-state index is 0. The van der Waals surface area contributed by atoms with Gasteiger partial charge < -0.3 is 0 Å². The van der Waals surface area contributed by atoms with Crippen LogP contribution in [0.1, 0.15) is 0 Å². The SMILES string of the molecule is [Nb].[Pb].[Sn].[Zn]. The average Bonchev–Trinajstić information content (AvgIpc) is 0. The molecule has 15 valence electrons. The molecule has 0 saturated heterocycles. The quantitative estimate of drug-likeness (QED) is 0.397. The summed E-state index contributed by atoms with van der Waals surface area (Å²) in [5, 5.41) is 0. The third-order valence-corrected chi connectivity index (χ3v) is 0. The first-order chi connectivity index (χ1) is 0. The Morgan fingerprint density at radius 1 is 1.00 bits per heavy atom. The van der Waals surface area contributed by atoms with Crippen LogP contribution in [0.3, 0.4) is 0 Å². The summed E-state index contributed by atoms with van der Waals surface area (Å²) >= 11 is 0. The first-order valence-corrected chi connectivity index (χ1v) is 0. The molecule has 0 aromatic rings. The molecule has 0 fully saturated rings. The third-order valence-electron chi connectivity index (χ3n) is 0. The Balaban J connectivity index is 0. The Kier molecular flexibility index (Phi) is 114. The zero-order valence-electron chi connectivity index (χ0n) is 2.15. The summed E-state index contributed by atoms with van der Waals surface area (Å²) in [5.74, 6) is 0. The van der Waals surface area contributed by atoms with Crippen LogP contribution in [0, 0.1) is 0 Å². The Morgan fingerprint density at radius 3 is 1.00 bits per heavy atom. The van der Waals surface area contributed by atoms with Crippen molar-refractivity contribution >= 4 is 51.2 Å². The van der Waals surface area contributed by atoms with Gasteiger partial charge in [0.15, 0.2) is 0 Å². The van der Waals surface area contributed by atoms with E-state index in [2.05, 4.69) is 0 Å². The molecule has 0 spiro atoms. The molecule has 0 nitrogen and oxygen atoms in total. The first-order valence-electron chi connectivity index (χ1n) is 0. The maximum Gasteiger partial charge on any atom is 0 e. The minimum atomic E-state index is 0. The van der Waals surface area contributed by atoms with Crippen LogP contribution in [0.15, 0.2) is 0 Å². The van der Waals surface area contributed by atoms with E-state index in [1.54, 1.807) is 0 Å². The summed E-state index contributed by atoms with van der Waals surface area (Å²) in [6.45, 7) is 0. The van der Waals surface area contributed by atoms with Crippen molar-refractivity contribution in [3.05, 3.63) is 0 Å². The zero-order valence-corrected chi connectivity index (χ0v) is 14.1. The molecule has 0 aliphatic carbocycles. The predicted molar refractivity (Wildman–Crippen MR) is 11.5 cm³/mol. The van der Waals surface area contributed by atoms with Gasteiger partial charge in [0.05, 0.1) is 0 Å². The smallest absolute Gasteiger partial charge is 0 e. The van der Waals surface area contributed by atoms with Crippen LogP contribution < -0.4 is 0 Å². The summed E-state index contributed by atoms with van der Waals surface area (Å²) in [6.07, 6.45) is 0. The van der Waals surface area contributed by atoms with Crippen molar-refractivity contribution in [2.24, 2.45) is 0 Å². The normalized spacial score (nSPS) is 0. The summed E-state index contributed by atoms with van der Waals surface area (Å²) in [4.78, 5) is 0. The van der Waals surface area contributed by atoms with Crippen LogP contribution in [0.5, 0.6) is 0 Å². The Labute approximate surface area is 91.2 Å². The topological polar surface area (TPSA) is 0 Å². The standard InChI is InChI=1S/Nb.Pb.Sn.Zn. The van der Waals surface area contributed by atoms with Gasteiger partial charge in [-0.15, -0.1) is 0 Å². The molecule has 0 saturated carbocycles. The predicted octanol–water partition coefficient (Wildman–Crippen LogP) is -0.767. The monoisotopic (exact) mass is 485 g/mol. The largest absolute Gasteiger partial charge is 0 e. The molecule has 0 aromatic heterocycles. The molecular formula is NbPbSnZn. The maximum atomic E-state index is 0. The molecule has 0 atom stereocenters. The van der Waals surface area contributed by atoms with Crippen molar-refractivity contribution in [2.45, 2.75) is 0 Å². The van der Waals surface area contributed by atoms with Gasteiger partial charge in [-0.05, 0) is 0 Å². The maximum absolute atomic E-state index is 0. The van der Waals surface area contributed by atoms with Crippen molar-refractivity contribution in [2.75, 3.05) is 0 Å². The van der Waals surface area contributed by atoms with Gasteiger partial charge in [0, 0.05) is 93.1 Å². The van der Waals surface area contributed by atoms with E-state index in [0.717, 1.165) is 0 Å². The fraction of sp³-hybridized carbons (Fsp3) is 0. The van der Waals surface area contributed by atoms with Crippen molar-refractivity contribution in [3.8, 4) is 0 Å². The average molecular weight is 484 g/mol. The van der Waals surface area contributed by atoms with Gasteiger partial charge in [-0.2, -0.15) is 0 Å². The Hall–Kier alpha value is 3.08. The van der Waals surface area contributed by atoms with Crippen molar-refractivity contribution in [1.29, 1.82) is 0 Å². The second-order valence-corrected chi connectivity index (χ2v) is 0. The summed E-state index contributed by atoms with van der Waals surface area (Å²) in [7, 11) is 0. The summed E-state index contributed by atoms with van der Waals surface area (Å²) in [6, 6.07) is 0. The fourth-order valence-electron chi connectivity index (χ4n) is 0. The second-order valence-electron chi connectivity index (χ2n) is 0. The van der Waals surface area contributed by atoms with Gasteiger partial charge >= 0.3 is 0 Å². The molecule has 0 unspecified atom stereocenters. The second kappa shape index (κ2) is 16.5. The molecular weight excluding hydrogens is 484 g/mol. The van der Waals surface area contributed by atoms with E-state index in [-0.39, 0.29) is 93.1 Å². The van der Waals surface area contributed by atoms with E-state index >= 15 is 0 Å². The van der Waals surface area contributed by atoms with Gasteiger partial charge in [-0.25, -0.2) is 0 Å². The Morgan fingerprint density at radius 2 is 1.00 bits per heavy atom. The van der Waals surface area contributed by atoms with Gasteiger partial charge in [0.1, 0.15) is 0 Å². The zero-order chi connectivity index (χ0) is 0. The summed E-state index contributed by atoms with van der Waals surface area (Å²) < 4.78 is 0. The number of hydrogen-bond donors (Lipinski definition) is 0. The van der Waals surface area contributed by atoms with Gasteiger partial charge in [-0.1, -0.05) is 0 Å². The third kappa shape index (κ3) is 8.92. The molecule has 9 radical (unpaired) electrons. The molecule has 0 aliphatic heterocycles. The van der Waals surface area contributed by atoms with Gasteiger partial charge in [-0.3, -0.25) is 0 Å². The van der Waals surface area contributed by atoms with E-state index in [1.165, 1.54) is 0 Å². The van der Waals surface area contributed by atoms with Gasteiger partial charge in [0.2, 0.25) is 0 Å². The van der Waals surface area contributed by atoms with Crippen molar-refractivity contribution in [3.63, 3.8) is 0 Å². The van der Waals surface area contributed by atoms with Crippen LogP contribution in [-0.2, 0) is 41.9 Å². The van der Waals surface area contributed by atoms with E-state index in [1.807, 2.05) is 0 Å². The molecule has 0 heterocycles. The minimum Gasteiger partial charge on any atom is 0 e. The Bertz CT molecular complexity index is 8.00. The van der Waals surface area contributed by atoms with E-state index in [0.29, 0.717) is 0 Å². The number of hydrogen-bond acceptors (Lipinski definition) is 0. The van der Waals surface area contributed by atoms with Crippen LogP contribution >= 0.6 is 0 Å². The molecule has 4 heavy (non-hydrogen) atoms. The van der Waals surface area contributed by atoms with Gasteiger partial charge in [0.25, 0.3) is 0 Å². The van der Waals surface area contributed by atoms with Crippen LogP contribution in [0.4, 0.5) is 0 Å².